The number of benzene rings is 1. The first-order valence-electron chi connectivity index (χ1n) is 6.42. The van der Waals surface area contributed by atoms with Gasteiger partial charge in [0.05, 0.1) is 5.69 Å². The Morgan fingerprint density at radius 2 is 2.00 bits per heavy atom. The number of nitrogens with one attached hydrogen (secondary N) is 1. The molecule has 0 saturated heterocycles. The van der Waals surface area contributed by atoms with Crippen molar-refractivity contribution in [3.05, 3.63) is 46.2 Å². The van der Waals surface area contributed by atoms with Gasteiger partial charge in [-0.3, -0.25) is 0 Å². The average molecular weight is 362 g/mol. The molecular formula is C14H15BrF3N3. The average Bonchev–Trinajstić information content (AvgIpc) is 2.86. The number of alkyl halides is 3. The Morgan fingerprint density at radius 3 is 2.52 bits per heavy atom. The molecule has 0 atom stereocenters. The van der Waals surface area contributed by atoms with Crippen molar-refractivity contribution in [1.82, 2.24) is 15.1 Å². The lowest BCUT2D eigenvalue weighted by atomic mass is 10.2. The first-order chi connectivity index (χ1) is 9.77. The van der Waals surface area contributed by atoms with E-state index in [0.29, 0.717) is 18.3 Å². The molecule has 1 aromatic carbocycles. The second-order valence-corrected chi connectivity index (χ2v) is 5.81. The Kier molecular flexibility index (Phi) is 4.73. The van der Waals surface area contributed by atoms with E-state index in [1.54, 1.807) is 12.1 Å². The molecular weight excluding hydrogens is 347 g/mol. The summed E-state index contributed by atoms with van der Waals surface area (Å²) in [5.74, 6) is 0. The van der Waals surface area contributed by atoms with Gasteiger partial charge in [-0.2, -0.15) is 18.3 Å². The smallest absolute Gasteiger partial charge is 0.310 e. The standard InChI is InChI=1S/C14H15BrF3N3/c1-9(2)19-8-10-3-4-11(7-12(10)15)21-6-5-13(20-21)14(16,17)18/h3-7,9,19H,8H2,1-2H3. The summed E-state index contributed by atoms with van der Waals surface area (Å²) in [5, 5.41) is 6.84. The van der Waals surface area contributed by atoms with Crippen LogP contribution in [0.3, 0.4) is 0 Å². The van der Waals surface area contributed by atoms with Crippen LogP contribution in [-0.4, -0.2) is 15.8 Å². The summed E-state index contributed by atoms with van der Waals surface area (Å²) in [5.41, 5.74) is 0.713. The number of rotatable bonds is 4. The van der Waals surface area contributed by atoms with Crippen LogP contribution in [0.2, 0.25) is 0 Å². The van der Waals surface area contributed by atoms with Crippen LogP contribution in [0.1, 0.15) is 25.1 Å². The summed E-state index contributed by atoms with van der Waals surface area (Å²) in [6.45, 7) is 4.78. The Hall–Kier alpha value is -1.34. The molecule has 0 aliphatic heterocycles. The van der Waals surface area contributed by atoms with E-state index < -0.39 is 11.9 Å². The second kappa shape index (κ2) is 6.19. The Morgan fingerprint density at radius 1 is 1.29 bits per heavy atom. The number of hydrogen-bond acceptors (Lipinski definition) is 2. The first-order valence-corrected chi connectivity index (χ1v) is 7.21. The van der Waals surface area contributed by atoms with Crippen molar-refractivity contribution in [1.29, 1.82) is 0 Å². The fraction of sp³-hybridized carbons (Fsp3) is 0.357. The molecule has 0 fully saturated rings. The molecule has 7 heteroatoms. The van der Waals surface area contributed by atoms with Gasteiger partial charge < -0.3 is 5.32 Å². The van der Waals surface area contributed by atoms with Gasteiger partial charge in [0, 0.05) is 23.3 Å². The number of nitrogens with zero attached hydrogens (tertiary/aromatic N) is 2. The lowest BCUT2D eigenvalue weighted by molar-refractivity contribution is -0.141. The van der Waals surface area contributed by atoms with Gasteiger partial charge in [0.25, 0.3) is 0 Å². The third kappa shape index (κ3) is 4.07. The molecule has 2 rings (SSSR count). The van der Waals surface area contributed by atoms with E-state index in [4.69, 9.17) is 0 Å². The number of aromatic nitrogens is 2. The SMILES string of the molecule is CC(C)NCc1ccc(-n2ccc(C(F)(F)F)n2)cc1Br. The molecule has 3 nitrogen and oxygen atoms in total. The van der Waals surface area contributed by atoms with E-state index in [1.165, 1.54) is 10.9 Å². The molecule has 0 saturated carbocycles. The van der Waals surface area contributed by atoms with Crippen molar-refractivity contribution in [2.45, 2.75) is 32.6 Å². The fourth-order valence-corrected chi connectivity index (χ4v) is 2.26. The van der Waals surface area contributed by atoms with Gasteiger partial charge in [-0.15, -0.1) is 0 Å². The van der Waals surface area contributed by atoms with Crippen molar-refractivity contribution < 1.29 is 13.2 Å². The van der Waals surface area contributed by atoms with Crippen LogP contribution < -0.4 is 5.32 Å². The van der Waals surface area contributed by atoms with Crippen LogP contribution in [0.15, 0.2) is 34.9 Å². The van der Waals surface area contributed by atoms with Gasteiger partial charge >= 0.3 is 6.18 Å². The zero-order chi connectivity index (χ0) is 15.6. The topological polar surface area (TPSA) is 29.9 Å². The highest BCUT2D eigenvalue weighted by Crippen LogP contribution is 2.28. The summed E-state index contributed by atoms with van der Waals surface area (Å²) < 4.78 is 39.7. The van der Waals surface area contributed by atoms with Crippen LogP contribution in [-0.2, 0) is 12.7 Å². The largest absolute Gasteiger partial charge is 0.435 e. The zero-order valence-corrected chi connectivity index (χ0v) is 13.2. The predicted molar refractivity (Wildman–Crippen MR) is 78.2 cm³/mol. The van der Waals surface area contributed by atoms with Crippen molar-refractivity contribution >= 4 is 15.9 Å². The highest BCUT2D eigenvalue weighted by molar-refractivity contribution is 9.10. The highest BCUT2D eigenvalue weighted by atomic mass is 79.9. The molecule has 114 valence electrons. The molecule has 1 N–H and O–H groups in total. The molecule has 0 aliphatic carbocycles. The Bertz CT molecular complexity index is 620. The molecule has 1 heterocycles. The summed E-state index contributed by atoms with van der Waals surface area (Å²) in [7, 11) is 0. The van der Waals surface area contributed by atoms with Gasteiger partial charge in [0.1, 0.15) is 0 Å². The minimum Gasteiger partial charge on any atom is -0.310 e. The van der Waals surface area contributed by atoms with Gasteiger partial charge in [-0.1, -0.05) is 35.8 Å². The lowest BCUT2D eigenvalue weighted by Crippen LogP contribution is -2.22. The zero-order valence-electron chi connectivity index (χ0n) is 11.6. The maximum absolute atomic E-state index is 12.5. The van der Waals surface area contributed by atoms with Crippen molar-refractivity contribution in [2.75, 3.05) is 0 Å². The lowest BCUT2D eigenvalue weighted by Gasteiger charge is -2.11. The first kappa shape index (κ1) is 16.0. The fourth-order valence-electron chi connectivity index (χ4n) is 1.76. The normalized spacial score (nSPS) is 12.1. The maximum Gasteiger partial charge on any atom is 0.435 e. The molecule has 0 bridgehead atoms. The molecule has 0 aliphatic rings. The van der Waals surface area contributed by atoms with Crippen molar-refractivity contribution in [3.63, 3.8) is 0 Å². The van der Waals surface area contributed by atoms with E-state index in [1.807, 2.05) is 19.9 Å². The molecule has 0 amide bonds. The third-order valence-electron chi connectivity index (χ3n) is 2.88. The summed E-state index contributed by atoms with van der Waals surface area (Å²) in [4.78, 5) is 0. The van der Waals surface area contributed by atoms with E-state index in [9.17, 15) is 13.2 Å². The van der Waals surface area contributed by atoms with Crippen molar-refractivity contribution in [3.8, 4) is 5.69 Å². The van der Waals surface area contributed by atoms with Gasteiger partial charge in [0.2, 0.25) is 0 Å². The maximum atomic E-state index is 12.5. The monoisotopic (exact) mass is 361 g/mol. The van der Waals surface area contributed by atoms with Crippen LogP contribution in [0.4, 0.5) is 13.2 Å². The summed E-state index contributed by atoms with van der Waals surface area (Å²) >= 11 is 3.44. The molecule has 2 aromatic rings. The van der Waals surface area contributed by atoms with E-state index >= 15 is 0 Å². The van der Waals surface area contributed by atoms with Gasteiger partial charge in [0.15, 0.2) is 5.69 Å². The van der Waals surface area contributed by atoms with Crippen LogP contribution in [0.25, 0.3) is 5.69 Å². The highest BCUT2D eigenvalue weighted by Gasteiger charge is 2.33. The predicted octanol–water partition coefficient (Wildman–Crippen LogP) is 4.15. The molecule has 1 aromatic heterocycles. The van der Waals surface area contributed by atoms with Gasteiger partial charge in [-0.05, 0) is 23.8 Å². The molecule has 21 heavy (non-hydrogen) atoms. The van der Waals surface area contributed by atoms with Gasteiger partial charge in [-0.25, -0.2) is 4.68 Å². The minimum absolute atomic E-state index is 0.358. The molecule has 0 radical (unpaired) electrons. The Balaban J connectivity index is 2.22. The number of hydrogen-bond donors (Lipinski definition) is 1. The van der Waals surface area contributed by atoms with E-state index in [2.05, 4.69) is 26.3 Å². The Labute approximate surface area is 129 Å². The summed E-state index contributed by atoms with van der Waals surface area (Å²) in [6, 6.07) is 6.68. The van der Waals surface area contributed by atoms with Crippen molar-refractivity contribution in [2.24, 2.45) is 0 Å². The third-order valence-corrected chi connectivity index (χ3v) is 3.62. The van der Waals surface area contributed by atoms with Crippen LogP contribution >= 0.6 is 15.9 Å². The van der Waals surface area contributed by atoms with Crippen LogP contribution in [0.5, 0.6) is 0 Å². The summed E-state index contributed by atoms with van der Waals surface area (Å²) in [6.07, 6.45) is -3.12. The second-order valence-electron chi connectivity index (χ2n) is 4.95. The number of halogens is 4. The van der Waals surface area contributed by atoms with E-state index in [0.717, 1.165) is 16.1 Å². The van der Waals surface area contributed by atoms with E-state index in [-0.39, 0.29) is 0 Å². The molecule has 0 unspecified atom stereocenters. The quantitative estimate of drug-likeness (QED) is 0.886. The van der Waals surface area contributed by atoms with Crippen LogP contribution in [0, 0.1) is 0 Å². The minimum atomic E-state index is -4.43. The molecule has 0 spiro atoms.